The molecule has 2 atom stereocenters. The molecule has 2 unspecified atom stereocenters. The van der Waals surface area contributed by atoms with Crippen molar-refractivity contribution in [2.45, 2.75) is 38.9 Å². The average molecular weight is 222 g/mol. The molecule has 0 spiro atoms. The van der Waals surface area contributed by atoms with Crippen LogP contribution < -0.4 is 10.5 Å². The summed E-state index contributed by atoms with van der Waals surface area (Å²) in [5, 5.41) is -0.452. The second-order valence-corrected chi connectivity index (χ2v) is 5.72. The number of hydrogen-bond donors (Lipinski definition) is 2. The van der Waals surface area contributed by atoms with Crippen molar-refractivity contribution < 1.29 is 8.42 Å². The van der Waals surface area contributed by atoms with E-state index in [0.717, 1.165) is 6.42 Å². The van der Waals surface area contributed by atoms with E-state index in [1.807, 2.05) is 20.8 Å². The molecule has 0 bridgehead atoms. The molecule has 0 heterocycles. The summed E-state index contributed by atoms with van der Waals surface area (Å²) < 4.78 is 25.8. The van der Waals surface area contributed by atoms with Gasteiger partial charge in [-0.3, -0.25) is 0 Å². The molecule has 4 nitrogen and oxygen atoms in total. The molecule has 0 aromatic rings. The van der Waals surface area contributed by atoms with Crippen molar-refractivity contribution in [2.75, 3.05) is 13.1 Å². The van der Waals surface area contributed by atoms with Crippen molar-refractivity contribution >= 4 is 10.0 Å². The van der Waals surface area contributed by atoms with Crippen molar-refractivity contribution in [3.05, 3.63) is 0 Å². The van der Waals surface area contributed by atoms with Crippen molar-refractivity contribution in [3.63, 3.8) is 0 Å². The molecule has 86 valence electrons. The van der Waals surface area contributed by atoms with Crippen LogP contribution in [0, 0.1) is 5.92 Å². The monoisotopic (exact) mass is 222 g/mol. The van der Waals surface area contributed by atoms with Crippen LogP contribution in [0.3, 0.4) is 0 Å². The van der Waals surface area contributed by atoms with Crippen LogP contribution in [-0.2, 0) is 10.0 Å². The summed E-state index contributed by atoms with van der Waals surface area (Å²) >= 11 is 0. The molecule has 3 N–H and O–H groups in total. The van der Waals surface area contributed by atoms with E-state index in [2.05, 4.69) is 4.72 Å². The van der Waals surface area contributed by atoms with E-state index in [0.29, 0.717) is 18.9 Å². The molecular weight excluding hydrogens is 200 g/mol. The minimum absolute atomic E-state index is 0.187. The fourth-order valence-electron chi connectivity index (χ4n) is 1.03. The highest BCUT2D eigenvalue weighted by atomic mass is 32.2. The minimum atomic E-state index is -3.20. The normalized spacial score (nSPS) is 16.6. The number of rotatable bonds is 7. The van der Waals surface area contributed by atoms with Crippen LogP contribution >= 0.6 is 0 Å². The van der Waals surface area contributed by atoms with Crippen LogP contribution in [0.2, 0.25) is 0 Å². The smallest absolute Gasteiger partial charge is 0.215 e. The third-order valence-corrected chi connectivity index (χ3v) is 4.46. The predicted molar refractivity (Wildman–Crippen MR) is 59.5 cm³/mol. The Bertz CT molecular complexity index is 235. The van der Waals surface area contributed by atoms with Gasteiger partial charge in [-0.25, -0.2) is 13.1 Å². The number of sulfonamides is 1. The third kappa shape index (κ3) is 4.39. The molecule has 5 heteroatoms. The molecule has 0 fully saturated rings. The first-order valence-electron chi connectivity index (χ1n) is 5.16. The van der Waals surface area contributed by atoms with Gasteiger partial charge in [-0.15, -0.1) is 0 Å². The Kier molecular flexibility index (Phi) is 6.31. The Morgan fingerprint density at radius 1 is 1.29 bits per heavy atom. The lowest BCUT2D eigenvalue weighted by molar-refractivity contribution is 0.519. The largest absolute Gasteiger partial charge is 0.329 e. The van der Waals surface area contributed by atoms with Gasteiger partial charge in [0, 0.05) is 13.1 Å². The average Bonchev–Trinajstić information content (AvgIpc) is 2.15. The standard InChI is InChI=1S/C9H22N2O2S/c1-4-8(3)7-11-14(12,13)9(5-2)6-10/h8-9,11H,4-7,10H2,1-3H3. The molecule has 0 saturated carbocycles. The summed E-state index contributed by atoms with van der Waals surface area (Å²) in [6.07, 6.45) is 1.54. The lowest BCUT2D eigenvalue weighted by Crippen LogP contribution is -2.40. The Morgan fingerprint density at radius 3 is 2.21 bits per heavy atom. The number of hydrogen-bond acceptors (Lipinski definition) is 3. The maximum absolute atomic E-state index is 11.6. The summed E-state index contributed by atoms with van der Waals surface area (Å²) in [7, 11) is -3.20. The van der Waals surface area contributed by atoms with Crippen LogP contribution in [0.5, 0.6) is 0 Å². The summed E-state index contributed by atoms with van der Waals surface area (Å²) in [5.41, 5.74) is 5.39. The quantitative estimate of drug-likeness (QED) is 0.665. The van der Waals surface area contributed by atoms with E-state index < -0.39 is 15.3 Å². The summed E-state index contributed by atoms with van der Waals surface area (Å²) in [5.74, 6) is 0.375. The second-order valence-electron chi connectivity index (χ2n) is 3.67. The topological polar surface area (TPSA) is 72.2 Å². The van der Waals surface area contributed by atoms with Gasteiger partial charge in [-0.1, -0.05) is 27.2 Å². The summed E-state index contributed by atoms with van der Waals surface area (Å²) in [4.78, 5) is 0. The molecule has 14 heavy (non-hydrogen) atoms. The van der Waals surface area contributed by atoms with E-state index in [4.69, 9.17) is 5.73 Å². The summed E-state index contributed by atoms with van der Waals surface area (Å²) in [6, 6.07) is 0. The predicted octanol–water partition coefficient (Wildman–Crippen LogP) is 0.689. The van der Waals surface area contributed by atoms with Crippen LogP contribution in [0.4, 0.5) is 0 Å². The van der Waals surface area contributed by atoms with Crippen molar-refractivity contribution in [1.82, 2.24) is 4.72 Å². The number of nitrogens with two attached hydrogens (primary N) is 1. The van der Waals surface area contributed by atoms with Gasteiger partial charge < -0.3 is 5.73 Å². The van der Waals surface area contributed by atoms with Gasteiger partial charge in [0.25, 0.3) is 0 Å². The SMILES string of the molecule is CCC(C)CNS(=O)(=O)C(CC)CN. The van der Waals surface area contributed by atoms with Crippen LogP contribution in [0.15, 0.2) is 0 Å². The minimum Gasteiger partial charge on any atom is -0.329 e. The molecule has 0 aliphatic carbocycles. The fourth-order valence-corrected chi connectivity index (χ4v) is 2.48. The van der Waals surface area contributed by atoms with E-state index >= 15 is 0 Å². The maximum Gasteiger partial charge on any atom is 0.215 e. The van der Waals surface area contributed by atoms with Gasteiger partial charge in [0.05, 0.1) is 5.25 Å². The van der Waals surface area contributed by atoms with Gasteiger partial charge >= 0.3 is 0 Å². The van der Waals surface area contributed by atoms with Gasteiger partial charge in [0.2, 0.25) is 10.0 Å². The zero-order valence-corrected chi connectivity index (χ0v) is 10.1. The van der Waals surface area contributed by atoms with E-state index in [1.165, 1.54) is 0 Å². The second kappa shape index (κ2) is 6.37. The molecule has 0 aliphatic heterocycles. The fraction of sp³-hybridized carbons (Fsp3) is 1.00. The molecule has 0 aliphatic rings. The first-order valence-corrected chi connectivity index (χ1v) is 6.71. The Balaban J connectivity index is 4.20. The highest BCUT2D eigenvalue weighted by molar-refractivity contribution is 7.90. The van der Waals surface area contributed by atoms with Crippen LogP contribution in [-0.4, -0.2) is 26.8 Å². The van der Waals surface area contributed by atoms with E-state index in [9.17, 15) is 8.42 Å². The van der Waals surface area contributed by atoms with E-state index in [1.54, 1.807) is 0 Å². The van der Waals surface area contributed by atoms with Crippen LogP contribution in [0.1, 0.15) is 33.6 Å². The number of nitrogens with one attached hydrogen (secondary N) is 1. The zero-order chi connectivity index (χ0) is 11.2. The first-order chi connectivity index (χ1) is 6.47. The zero-order valence-electron chi connectivity index (χ0n) is 9.29. The van der Waals surface area contributed by atoms with Gasteiger partial charge in [0.1, 0.15) is 0 Å². The third-order valence-electron chi connectivity index (χ3n) is 2.49. The molecule has 0 aromatic carbocycles. The van der Waals surface area contributed by atoms with E-state index in [-0.39, 0.29) is 6.54 Å². The molecule has 0 aromatic heterocycles. The van der Waals surface area contributed by atoms with Gasteiger partial charge in [-0.05, 0) is 12.3 Å². The lowest BCUT2D eigenvalue weighted by atomic mass is 10.1. The molecule has 0 radical (unpaired) electrons. The molecular formula is C9H22N2O2S. The lowest BCUT2D eigenvalue weighted by Gasteiger charge is -2.16. The summed E-state index contributed by atoms with van der Waals surface area (Å²) in [6.45, 7) is 6.59. The molecule has 0 amide bonds. The van der Waals surface area contributed by atoms with Crippen molar-refractivity contribution in [1.29, 1.82) is 0 Å². The first kappa shape index (κ1) is 13.9. The van der Waals surface area contributed by atoms with Crippen molar-refractivity contribution in [2.24, 2.45) is 11.7 Å². The van der Waals surface area contributed by atoms with Crippen molar-refractivity contribution in [3.8, 4) is 0 Å². The Morgan fingerprint density at radius 2 is 1.86 bits per heavy atom. The highest BCUT2D eigenvalue weighted by Crippen LogP contribution is 2.04. The molecule has 0 saturated heterocycles. The van der Waals surface area contributed by atoms with Gasteiger partial charge in [0.15, 0.2) is 0 Å². The van der Waals surface area contributed by atoms with Crippen LogP contribution in [0.25, 0.3) is 0 Å². The maximum atomic E-state index is 11.6. The molecule has 0 rings (SSSR count). The van der Waals surface area contributed by atoms with Gasteiger partial charge in [-0.2, -0.15) is 0 Å². The highest BCUT2D eigenvalue weighted by Gasteiger charge is 2.21. The Labute approximate surface area is 87.3 Å². The Hall–Kier alpha value is -0.130.